The van der Waals surface area contributed by atoms with Gasteiger partial charge in [0, 0.05) is 26.2 Å². The van der Waals surface area contributed by atoms with Gasteiger partial charge >= 0.3 is 5.97 Å². The molecule has 0 aliphatic carbocycles. The SMILES string of the molecule is Cc1ccc(N(C)S(=O)(=O)c2cccc(C(=O)N(C)CCC(=O)O)c2)cc1. The highest BCUT2D eigenvalue weighted by Gasteiger charge is 2.23. The monoisotopic (exact) mass is 390 g/mol. The van der Waals surface area contributed by atoms with Crippen LogP contribution in [0.5, 0.6) is 0 Å². The van der Waals surface area contributed by atoms with Gasteiger partial charge in [-0.1, -0.05) is 23.8 Å². The highest BCUT2D eigenvalue weighted by molar-refractivity contribution is 7.92. The van der Waals surface area contributed by atoms with E-state index in [4.69, 9.17) is 5.11 Å². The van der Waals surface area contributed by atoms with Crippen LogP contribution >= 0.6 is 0 Å². The summed E-state index contributed by atoms with van der Waals surface area (Å²) in [5.74, 6) is -1.45. The summed E-state index contributed by atoms with van der Waals surface area (Å²) < 4.78 is 27.0. The van der Waals surface area contributed by atoms with Crippen molar-refractivity contribution in [2.75, 3.05) is 24.9 Å². The molecule has 0 unspecified atom stereocenters. The summed E-state index contributed by atoms with van der Waals surface area (Å²) in [5.41, 5.74) is 1.71. The van der Waals surface area contributed by atoms with Crippen molar-refractivity contribution in [1.29, 1.82) is 0 Å². The Morgan fingerprint density at radius 1 is 1.04 bits per heavy atom. The van der Waals surface area contributed by atoms with Gasteiger partial charge in [0.15, 0.2) is 0 Å². The average molecular weight is 390 g/mol. The number of rotatable bonds is 7. The predicted molar refractivity (Wildman–Crippen MR) is 102 cm³/mol. The Labute approximate surface area is 158 Å². The molecular formula is C19H22N2O5S. The maximum absolute atomic E-state index is 12.9. The topological polar surface area (TPSA) is 95.0 Å². The van der Waals surface area contributed by atoms with Gasteiger partial charge in [-0.25, -0.2) is 8.42 Å². The highest BCUT2D eigenvalue weighted by Crippen LogP contribution is 2.23. The summed E-state index contributed by atoms with van der Waals surface area (Å²) >= 11 is 0. The number of aliphatic carboxylic acids is 1. The van der Waals surface area contributed by atoms with E-state index in [1.54, 1.807) is 12.1 Å². The standard InChI is InChI=1S/C19H22N2O5S/c1-14-7-9-16(10-8-14)21(3)27(25,26)17-6-4-5-15(13-17)19(24)20(2)12-11-18(22)23/h4-10,13H,11-12H2,1-3H3,(H,22,23). The van der Waals surface area contributed by atoms with E-state index in [0.29, 0.717) is 5.69 Å². The molecule has 0 aliphatic heterocycles. The lowest BCUT2D eigenvalue weighted by atomic mass is 10.2. The number of amides is 1. The molecule has 1 N–H and O–H groups in total. The van der Waals surface area contributed by atoms with Gasteiger partial charge in [-0.05, 0) is 37.3 Å². The van der Waals surface area contributed by atoms with E-state index < -0.39 is 21.9 Å². The second-order valence-corrected chi connectivity index (χ2v) is 8.18. The fourth-order valence-corrected chi connectivity index (χ4v) is 3.67. The first kappa shape index (κ1) is 20.4. The number of carboxylic acids is 1. The largest absolute Gasteiger partial charge is 0.481 e. The number of hydrogen-bond acceptors (Lipinski definition) is 4. The highest BCUT2D eigenvalue weighted by atomic mass is 32.2. The van der Waals surface area contributed by atoms with Gasteiger partial charge in [-0.15, -0.1) is 0 Å². The lowest BCUT2D eigenvalue weighted by molar-refractivity contribution is -0.137. The number of nitrogens with zero attached hydrogens (tertiary/aromatic N) is 2. The molecule has 0 saturated carbocycles. The molecule has 0 fully saturated rings. The van der Waals surface area contributed by atoms with Crippen LogP contribution < -0.4 is 4.31 Å². The van der Waals surface area contributed by atoms with Gasteiger partial charge in [0.1, 0.15) is 0 Å². The van der Waals surface area contributed by atoms with E-state index in [1.807, 2.05) is 19.1 Å². The second-order valence-electron chi connectivity index (χ2n) is 6.21. The van der Waals surface area contributed by atoms with Crippen LogP contribution in [0.15, 0.2) is 53.4 Å². The quantitative estimate of drug-likeness (QED) is 0.783. The Kier molecular flexibility index (Phi) is 6.22. The molecule has 7 nitrogen and oxygen atoms in total. The number of carbonyl (C=O) groups is 2. The van der Waals surface area contributed by atoms with Crippen molar-refractivity contribution in [3.63, 3.8) is 0 Å². The van der Waals surface area contributed by atoms with Crippen molar-refractivity contribution in [1.82, 2.24) is 4.90 Å². The molecule has 0 aliphatic rings. The number of hydrogen-bond donors (Lipinski definition) is 1. The Hall–Kier alpha value is -2.87. The molecule has 2 aromatic rings. The van der Waals surface area contributed by atoms with Crippen LogP contribution in [0.4, 0.5) is 5.69 Å². The van der Waals surface area contributed by atoms with Crippen LogP contribution in [-0.4, -0.2) is 50.9 Å². The van der Waals surface area contributed by atoms with Gasteiger partial charge in [0.2, 0.25) is 0 Å². The number of sulfonamides is 1. The second kappa shape index (κ2) is 8.22. The molecule has 0 heterocycles. The predicted octanol–water partition coefficient (Wildman–Crippen LogP) is 2.37. The molecule has 27 heavy (non-hydrogen) atoms. The summed E-state index contributed by atoms with van der Waals surface area (Å²) in [6, 6.07) is 12.8. The van der Waals surface area contributed by atoms with Gasteiger partial charge in [-0.2, -0.15) is 0 Å². The summed E-state index contributed by atoms with van der Waals surface area (Å²) in [7, 11) is -0.915. The minimum atomic E-state index is -3.84. The maximum Gasteiger partial charge on any atom is 0.305 e. The fourth-order valence-electron chi connectivity index (χ4n) is 2.43. The normalized spacial score (nSPS) is 11.1. The third kappa shape index (κ3) is 4.85. The first-order valence-electron chi connectivity index (χ1n) is 8.26. The maximum atomic E-state index is 12.9. The minimum Gasteiger partial charge on any atom is -0.481 e. The third-order valence-electron chi connectivity index (χ3n) is 4.14. The van der Waals surface area contributed by atoms with Gasteiger partial charge < -0.3 is 10.0 Å². The van der Waals surface area contributed by atoms with Gasteiger partial charge in [-0.3, -0.25) is 13.9 Å². The van der Waals surface area contributed by atoms with Crippen LogP contribution in [0.3, 0.4) is 0 Å². The molecule has 0 saturated heterocycles. The number of anilines is 1. The fraction of sp³-hybridized carbons (Fsp3) is 0.263. The van der Waals surface area contributed by atoms with Crippen LogP contribution in [0.25, 0.3) is 0 Å². The van der Waals surface area contributed by atoms with Crippen molar-refractivity contribution in [2.24, 2.45) is 0 Å². The molecule has 1 amide bonds. The van der Waals surface area contributed by atoms with Crippen molar-refractivity contribution in [3.05, 3.63) is 59.7 Å². The summed E-state index contributed by atoms with van der Waals surface area (Å²) in [6.07, 6.45) is -0.184. The molecule has 0 aromatic heterocycles. The lowest BCUT2D eigenvalue weighted by Gasteiger charge is -2.21. The minimum absolute atomic E-state index is 0.0111. The molecule has 8 heteroatoms. The average Bonchev–Trinajstić information content (AvgIpc) is 2.65. The van der Waals surface area contributed by atoms with E-state index in [1.165, 1.54) is 43.3 Å². The molecule has 0 radical (unpaired) electrons. The number of benzene rings is 2. The van der Waals surface area contributed by atoms with Crippen molar-refractivity contribution in [2.45, 2.75) is 18.2 Å². The summed E-state index contributed by atoms with van der Waals surface area (Å²) in [6.45, 7) is 1.95. The third-order valence-corrected chi connectivity index (χ3v) is 5.93. The van der Waals surface area contributed by atoms with E-state index in [-0.39, 0.29) is 23.4 Å². The first-order valence-corrected chi connectivity index (χ1v) is 9.70. The van der Waals surface area contributed by atoms with Crippen molar-refractivity contribution < 1.29 is 23.1 Å². The van der Waals surface area contributed by atoms with Crippen molar-refractivity contribution >= 4 is 27.6 Å². The molecule has 2 rings (SSSR count). The Balaban J connectivity index is 2.28. The number of aryl methyl sites for hydroxylation is 1. The zero-order valence-corrected chi connectivity index (χ0v) is 16.2. The molecule has 0 bridgehead atoms. The molecular weight excluding hydrogens is 368 g/mol. The van der Waals surface area contributed by atoms with E-state index >= 15 is 0 Å². The van der Waals surface area contributed by atoms with Crippen LogP contribution in [0, 0.1) is 6.92 Å². The zero-order chi connectivity index (χ0) is 20.2. The Morgan fingerprint density at radius 3 is 2.26 bits per heavy atom. The van der Waals surface area contributed by atoms with E-state index in [9.17, 15) is 18.0 Å². The molecule has 0 spiro atoms. The lowest BCUT2D eigenvalue weighted by Crippen LogP contribution is -2.30. The Bertz CT molecular complexity index is 939. The number of carboxylic acid groups (broad SMARTS) is 1. The Morgan fingerprint density at radius 2 is 1.67 bits per heavy atom. The van der Waals surface area contributed by atoms with Crippen LogP contribution in [0.1, 0.15) is 22.3 Å². The first-order chi connectivity index (χ1) is 12.6. The molecule has 0 atom stereocenters. The molecule has 144 valence electrons. The molecule has 2 aromatic carbocycles. The van der Waals surface area contributed by atoms with Crippen molar-refractivity contribution in [3.8, 4) is 0 Å². The smallest absolute Gasteiger partial charge is 0.305 e. The van der Waals surface area contributed by atoms with E-state index in [2.05, 4.69) is 0 Å². The van der Waals surface area contributed by atoms with Gasteiger partial charge in [0.25, 0.3) is 15.9 Å². The summed E-state index contributed by atoms with van der Waals surface area (Å²) in [5, 5.41) is 8.73. The summed E-state index contributed by atoms with van der Waals surface area (Å²) in [4.78, 5) is 24.3. The van der Waals surface area contributed by atoms with Crippen LogP contribution in [0.2, 0.25) is 0 Å². The zero-order valence-electron chi connectivity index (χ0n) is 15.4. The van der Waals surface area contributed by atoms with Crippen LogP contribution in [-0.2, 0) is 14.8 Å². The number of carbonyl (C=O) groups excluding carboxylic acids is 1. The van der Waals surface area contributed by atoms with Gasteiger partial charge in [0.05, 0.1) is 17.0 Å². The van der Waals surface area contributed by atoms with E-state index in [0.717, 1.165) is 9.87 Å².